The number of ether oxygens (including phenoxy) is 1. The van der Waals surface area contributed by atoms with Crippen LogP contribution in [0.1, 0.15) is 12.5 Å². The molecule has 0 fully saturated rings. The van der Waals surface area contributed by atoms with E-state index in [1.807, 2.05) is 0 Å². The maximum atomic E-state index is 11.2. The van der Waals surface area contributed by atoms with Gasteiger partial charge in [-0.25, -0.2) is 4.98 Å². The van der Waals surface area contributed by atoms with Gasteiger partial charge in [0.1, 0.15) is 6.04 Å². The number of aromatic nitrogens is 2. The Morgan fingerprint density at radius 2 is 2.47 bits per heavy atom. The molecule has 0 radical (unpaired) electrons. The summed E-state index contributed by atoms with van der Waals surface area (Å²) in [6, 6.07) is -0.824. The van der Waals surface area contributed by atoms with Crippen molar-refractivity contribution in [3.63, 3.8) is 0 Å². The normalized spacial score (nSPS) is 12.1. The highest BCUT2D eigenvalue weighted by atomic mass is 16.5. The Kier molecular flexibility index (Phi) is 3.99. The molecule has 0 saturated heterocycles. The SMILES string of the molecule is CCOC(=O)C(N)Cc1cnc[nH]c1=O. The number of esters is 1. The van der Waals surface area contributed by atoms with Crippen molar-refractivity contribution in [3.8, 4) is 0 Å². The number of carbonyl (C=O) groups is 1. The third-order valence-corrected chi connectivity index (χ3v) is 1.82. The van der Waals surface area contributed by atoms with Gasteiger partial charge in [0.2, 0.25) is 0 Å². The molecule has 0 amide bonds. The summed E-state index contributed by atoms with van der Waals surface area (Å²) in [6.45, 7) is 1.97. The van der Waals surface area contributed by atoms with E-state index in [0.717, 1.165) is 0 Å². The molecule has 6 nitrogen and oxygen atoms in total. The lowest BCUT2D eigenvalue weighted by molar-refractivity contribution is -0.144. The topological polar surface area (TPSA) is 98.1 Å². The minimum absolute atomic E-state index is 0.127. The second-order valence-corrected chi connectivity index (χ2v) is 2.97. The van der Waals surface area contributed by atoms with Gasteiger partial charge in [-0.3, -0.25) is 9.59 Å². The molecular weight excluding hydrogens is 198 g/mol. The molecule has 0 saturated carbocycles. The van der Waals surface area contributed by atoms with E-state index in [1.165, 1.54) is 12.5 Å². The molecule has 6 heteroatoms. The predicted octanol–water partition coefficient (Wildman–Crippen LogP) is -0.797. The molecule has 0 aromatic carbocycles. The minimum atomic E-state index is -0.824. The van der Waals surface area contributed by atoms with E-state index in [-0.39, 0.29) is 18.6 Å². The van der Waals surface area contributed by atoms with E-state index < -0.39 is 12.0 Å². The van der Waals surface area contributed by atoms with Gasteiger partial charge in [0.05, 0.1) is 12.9 Å². The van der Waals surface area contributed by atoms with Crippen molar-refractivity contribution in [2.75, 3.05) is 6.61 Å². The number of hydrogen-bond acceptors (Lipinski definition) is 5. The molecule has 82 valence electrons. The zero-order valence-corrected chi connectivity index (χ0v) is 8.40. The molecule has 0 spiro atoms. The molecule has 0 aliphatic heterocycles. The highest BCUT2D eigenvalue weighted by Crippen LogP contribution is 1.95. The zero-order valence-electron chi connectivity index (χ0n) is 8.40. The Balaban J connectivity index is 2.66. The van der Waals surface area contributed by atoms with Crippen LogP contribution in [0.2, 0.25) is 0 Å². The second-order valence-electron chi connectivity index (χ2n) is 2.97. The van der Waals surface area contributed by atoms with Gasteiger partial charge in [0.15, 0.2) is 0 Å². The van der Waals surface area contributed by atoms with Crippen LogP contribution >= 0.6 is 0 Å². The van der Waals surface area contributed by atoms with Gasteiger partial charge in [0, 0.05) is 18.2 Å². The minimum Gasteiger partial charge on any atom is -0.465 e. The van der Waals surface area contributed by atoms with Crippen LogP contribution in [0.3, 0.4) is 0 Å². The molecule has 0 bridgehead atoms. The molecule has 15 heavy (non-hydrogen) atoms. The summed E-state index contributed by atoms with van der Waals surface area (Å²) in [5.74, 6) is -0.513. The summed E-state index contributed by atoms with van der Waals surface area (Å²) in [6.07, 6.45) is 2.79. The van der Waals surface area contributed by atoms with E-state index in [9.17, 15) is 9.59 Å². The summed E-state index contributed by atoms with van der Waals surface area (Å²) < 4.78 is 4.72. The van der Waals surface area contributed by atoms with Crippen molar-refractivity contribution in [2.45, 2.75) is 19.4 Å². The fourth-order valence-corrected chi connectivity index (χ4v) is 1.09. The number of aromatic amines is 1. The first kappa shape index (κ1) is 11.4. The predicted molar refractivity (Wildman–Crippen MR) is 53.2 cm³/mol. The van der Waals surface area contributed by atoms with Gasteiger partial charge in [-0.05, 0) is 6.92 Å². The first-order valence-corrected chi connectivity index (χ1v) is 4.59. The van der Waals surface area contributed by atoms with Crippen LogP contribution in [0.25, 0.3) is 0 Å². The van der Waals surface area contributed by atoms with Gasteiger partial charge >= 0.3 is 5.97 Å². The smallest absolute Gasteiger partial charge is 0.323 e. The average Bonchev–Trinajstić information content (AvgIpc) is 2.21. The average molecular weight is 211 g/mol. The van der Waals surface area contributed by atoms with E-state index in [0.29, 0.717) is 5.56 Å². The first-order valence-electron chi connectivity index (χ1n) is 4.59. The molecule has 1 aromatic rings. The molecule has 1 heterocycles. The molecule has 1 atom stereocenters. The van der Waals surface area contributed by atoms with Gasteiger partial charge in [-0.15, -0.1) is 0 Å². The van der Waals surface area contributed by atoms with Crippen molar-refractivity contribution in [2.24, 2.45) is 5.73 Å². The Morgan fingerprint density at radius 1 is 1.73 bits per heavy atom. The van der Waals surface area contributed by atoms with Crippen LogP contribution in [0.4, 0.5) is 0 Å². The number of nitrogens with zero attached hydrogens (tertiary/aromatic N) is 1. The largest absolute Gasteiger partial charge is 0.465 e. The summed E-state index contributed by atoms with van der Waals surface area (Å²) >= 11 is 0. The van der Waals surface area contributed by atoms with Crippen LogP contribution in [-0.2, 0) is 16.0 Å². The van der Waals surface area contributed by atoms with Crippen molar-refractivity contribution in [1.29, 1.82) is 0 Å². The Bertz CT molecular complexity index is 388. The molecule has 0 aliphatic carbocycles. The number of hydrogen-bond donors (Lipinski definition) is 2. The van der Waals surface area contributed by atoms with Crippen molar-refractivity contribution in [1.82, 2.24) is 9.97 Å². The third-order valence-electron chi connectivity index (χ3n) is 1.82. The van der Waals surface area contributed by atoms with Gasteiger partial charge in [0.25, 0.3) is 5.56 Å². The summed E-state index contributed by atoms with van der Waals surface area (Å²) in [7, 11) is 0. The lowest BCUT2D eigenvalue weighted by Crippen LogP contribution is -2.36. The Hall–Kier alpha value is -1.69. The van der Waals surface area contributed by atoms with Crippen molar-refractivity contribution < 1.29 is 9.53 Å². The summed E-state index contributed by atoms with van der Waals surface area (Å²) in [4.78, 5) is 28.6. The van der Waals surface area contributed by atoms with Gasteiger partial charge in [-0.2, -0.15) is 0 Å². The van der Waals surface area contributed by atoms with E-state index in [2.05, 4.69) is 9.97 Å². The molecular formula is C9H13N3O3. The maximum Gasteiger partial charge on any atom is 0.323 e. The highest BCUT2D eigenvalue weighted by molar-refractivity contribution is 5.75. The number of nitrogens with two attached hydrogens (primary N) is 1. The van der Waals surface area contributed by atoms with E-state index in [1.54, 1.807) is 6.92 Å². The third kappa shape index (κ3) is 3.17. The van der Waals surface area contributed by atoms with Crippen molar-refractivity contribution >= 4 is 5.97 Å². The summed E-state index contributed by atoms with van der Waals surface area (Å²) in [5.41, 5.74) is 5.64. The quantitative estimate of drug-likeness (QED) is 0.635. The van der Waals surface area contributed by atoms with Crippen LogP contribution in [0, 0.1) is 0 Å². The van der Waals surface area contributed by atoms with Gasteiger partial charge in [-0.1, -0.05) is 0 Å². The molecule has 1 rings (SSSR count). The lowest BCUT2D eigenvalue weighted by atomic mass is 10.1. The summed E-state index contributed by atoms with van der Waals surface area (Å²) in [5, 5.41) is 0. The number of nitrogens with one attached hydrogen (secondary N) is 1. The molecule has 3 N–H and O–H groups in total. The zero-order chi connectivity index (χ0) is 11.3. The second kappa shape index (κ2) is 5.26. The lowest BCUT2D eigenvalue weighted by Gasteiger charge is -2.09. The van der Waals surface area contributed by atoms with Crippen LogP contribution in [0.5, 0.6) is 0 Å². The van der Waals surface area contributed by atoms with E-state index >= 15 is 0 Å². The fourth-order valence-electron chi connectivity index (χ4n) is 1.09. The fraction of sp³-hybridized carbons (Fsp3) is 0.444. The molecule has 1 unspecified atom stereocenters. The van der Waals surface area contributed by atoms with E-state index in [4.69, 9.17) is 10.5 Å². The Labute approximate surface area is 86.5 Å². The monoisotopic (exact) mass is 211 g/mol. The van der Waals surface area contributed by atoms with Gasteiger partial charge < -0.3 is 15.5 Å². The Morgan fingerprint density at radius 3 is 3.07 bits per heavy atom. The standard InChI is InChI=1S/C9H13N3O3/c1-2-15-9(14)7(10)3-6-4-11-5-12-8(6)13/h4-5,7H,2-3,10H2,1H3,(H,11,12,13). The maximum absolute atomic E-state index is 11.2. The van der Waals surface area contributed by atoms with Crippen LogP contribution in [0.15, 0.2) is 17.3 Å². The molecule has 1 aromatic heterocycles. The first-order chi connectivity index (χ1) is 7.15. The molecule has 0 aliphatic rings. The number of carbonyl (C=O) groups excluding carboxylic acids is 1. The number of rotatable bonds is 4. The van der Waals surface area contributed by atoms with Crippen LogP contribution < -0.4 is 11.3 Å². The van der Waals surface area contributed by atoms with Crippen LogP contribution in [-0.4, -0.2) is 28.6 Å². The van der Waals surface area contributed by atoms with Crippen molar-refractivity contribution in [3.05, 3.63) is 28.4 Å². The highest BCUT2D eigenvalue weighted by Gasteiger charge is 2.16. The number of H-pyrrole nitrogens is 1.